The van der Waals surface area contributed by atoms with Gasteiger partial charge < -0.3 is 25.0 Å². The maximum atomic E-state index is 13.1. The molecule has 13 nitrogen and oxygen atoms in total. The summed E-state index contributed by atoms with van der Waals surface area (Å²) in [6.07, 6.45) is 4.24. The average molecular weight is 577 g/mol. The first-order chi connectivity index (χ1) is 19.8. The summed E-state index contributed by atoms with van der Waals surface area (Å²) in [5.74, 6) is 1.24. The lowest BCUT2D eigenvalue weighted by molar-refractivity contribution is 0.0292. The molecule has 2 aromatic heterocycles. The highest BCUT2D eigenvalue weighted by Crippen LogP contribution is 2.39. The number of aromatic nitrogens is 4. The van der Waals surface area contributed by atoms with Crippen LogP contribution in [0.4, 0.5) is 26.8 Å². The van der Waals surface area contributed by atoms with E-state index in [1.165, 1.54) is 6.20 Å². The Morgan fingerprint density at radius 3 is 2.45 bits per heavy atom. The molecule has 5 rings (SSSR count). The monoisotopic (exact) mass is 576 g/mol. The van der Waals surface area contributed by atoms with Gasteiger partial charge >= 0.3 is 12.1 Å². The number of Topliss-reactive ketones (excluding diaryl/α,β-unsaturated/α-hetero) is 1. The Morgan fingerprint density at radius 1 is 1.10 bits per heavy atom. The number of nitrogens with zero attached hydrogens (tertiary/aromatic N) is 5. The smallest absolute Gasteiger partial charge is 0.408 e. The summed E-state index contributed by atoms with van der Waals surface area (Å²) in [5.41, 5.74) is 0.972. The lowest BCUT2D eigenvalue weighted by Crippen LogP contribution is -2.70. The highest BCUT2D eigenvalue weighted by atomic mass is 16.6. The Balaban J connectivity index is 1.33. The second-order valence-corrected chi connectivity index (χ2v) is 12.0. The van der Waals surface area contributed by atoms with E-state index in [9.17, 15) is 14.4 Å². The molecule has 1 aromatic carbocycles. The van der Waals surface area contributed by atoms with Gasteiger partial charge in [0.05, 0.1) is 35.2 Å². The molecule has 3 aromatic rings. The number of anilines is 3. The van der Waals surface area contributed by atoms with Crippen molar-refractivity contribution in [3.8, 4) is 17.1 Å². The third-order valence-corrected chi connectivity index (χ3v) is 6.85. The van der Waals surface area contributed by atoms with Gasteiger partial charge in [0.2, 0.25) is 0 Å². The van der Waals surface area contributed by atoms with Crippen molar-refractivity contribution in [3.05, 3.63) is 42.4 Å². The van der Waals surface area contributed by atoms with Gasteiger partial charge in [-0.05, 0) is 52.7 Å². The van der Waals surface area contributed by atoms with Gasteiger partial charge in [0.15, 0.2) is 17.4 Å². The van der Waals surface area contributed by atoms with Crippen LogP contribution in [0.3, 0.4) is 0 Å². The normalized spacial score (nSPS) is 15.8. The van der Waals surface area contributed by atoms with Crippen LogP contribution in [0.15, 0.2) is 36.8 Å². The molecule has 0 atom stereocenters. The van der Waals surface area contributed by atoms with Crippen molar-refractivity contribution in [2.24, 2.45) is 13.0 Å². The number of rotatable bonds is 8. The number of urea groups is 1. The van der Waals surface area contributed by atoms with Crippen LogP contribution in [0, 0.1) is 5.92 Å². The van der Waals surface area contributed by atoms with Gasteiger partial charge in [-0.15, -0.1) is 0 Å². The van der Waals surface area contributed by atoms with Crippen LogP contribution in [-0.4, -0.2) is 73.9 Å². The Labute approximate surface area is 244 Å². The summed E-state index contributed by atoms with van der Waals surface area (Å²) in [6, 6.07) is 6.78. The Kier molecular flexibility index (Phi) is 7.52. The number of nitrogens with one attached hydrogen (secondary N) is 3. The number of alkyl carbamates (subject to hydrolysis) is 1. The molecule has 1 saturated heterocycles. The van der Waals surface area contributed by atoms with Crippen LogP contribution in [0.5, 0.6) is 5.75 Å². The zero-order valence-electron chi connectivity index (χ0n) is 24.6. The number of hydrogen-bond donors (Lipinski definition) is 3. The van der Waals surface area contributed by atoms with E-state index in [0.717, 1.165) is 12.8 Å². The zero-order chi connectivity index (χ0) is 30.2. The molecule has 0 spiro atoms. The highest BCUT2D eigenvalue weighted by molar-refractivity contribution is 6.05. The van der Waals surface area contributed by atoms with Gasteiger partial charge in [-0.1, -0.05) is 6.07 Å². The third kappa shape index (κ3) is 6.45. The number of amides is 3. The first-order valence-corrected chi connectivity index (χ1v) is 13.8. The molecular weight excluding hydrogens is 540 g/mol. The van der Waals surface area contributed by atoms with Crippen LogP contribution in [0.1, 0.15) is 50.9 Å². The number of carbonyl (C=O) groups excluding carboxylic acids is 3. The van der Waals surface area contributed by atoms with E-state index in [-0.39, 0.29) is 23.6 Å². The molecule has 3 N–H and O–H groups in total. The number of ether oxygens (including phenoxy) is 2. The van der Waals surface area contributed by atoms with Crippen molar-refractivity contribution in [2.45, 2.75) is 51.7 Å². The largest absolute Gasteiger partial charge is 0.494 e. The molecule has 1 aliphatic carbocycles. The molecule has 2 aliphatic rings. The number of hydrogen-bond acceptors (Lipinski definition) is 9. The SMILES string of the molecule is COc1c(Nc2cc(NC(=O)N3CC(C)(NC(=O)OC(C)(C)C)C3)ncc2C(=O)C2CC2)cccc1-c1ncn(C)n1. The molecular formula is C29H36N8O5. The quantitative estimate of drug-likeness (QED) is 0.332. The highest BCUT2D eigenvalue weighted by Gasteiger charge is 2.43. The minimum atomic E-state index is -0.619. The van der Waals surface area contributed by atoms with Crippen molar-refractivity contribution < 1.29 is 23.9 Å². The molecule has 3 amide bonds. The summed E-state index contributed by atoms with van der Waals surface area (Å²) in [4.78, 5) is 48.6. The van der Waals surface area contributed by atoms with Gasteiger partial charge in [0, 0.05) is 38.3 Å². The number of pyridine rings is 1. The number of carbonyl (C=O) groups is 3. The molecule has 3 heterocycles. The number of aryl methyl sites for hydroxylation is 1. The van der Waals surface area contributed by atoms with E-state index < -0.39 is 17.2 Å². The number of ketones is 1. The molecule has 0 bridgehead atoms. The number of methoxy groups -OCH3 is 1. The Hall–Kier alpha value is -4.68. The fraction of sp³-hybridized carbons (Fsp3) is 0.448. The summed E-state index contributed by atoms with van der Waals surface area (Å²) in [6.45, 7) is 7.82. The summed E-state index contributed by atoms with van der Waals surface area (Å²) < 4.78 is 12.7. The van der Waals surface area contributed by atoms with E-state index in [4.69, 9.17) is 9.47 Å². The van der Waals surface area contributed by atoms with Crippen molar-refractivity contribution >= 4 is 35.1 Å². The van der Waals surface area contributed by atoms with Gasteiger partial charge in [-0.3, -0.25) is 14.8 Å². The zero-order valence-corrected chi connectivity index (χ0v) is 24.6. The van der Waals surface area contributed by atoms with Gasteiger partial charge in [-0.2, -0.15) is 5.10 Å². The minimum Gasteiger partial charge on any atom is -0.494 e. The first-order valence-electron chi connectivity index (χ1n) is 13.8. The molecule has 0 unspecified atom stereocenters. The van der Waals surface area contributed by atoms with Crippen LogP contribution >= 0.6 is 0 Å². The standard InChI is InChI=1S/C29H36N8O5/c1-28(2,3)42-27(40)34-29(4)14-37(15-29)26(39)33-22-12-21(19(13-30-22)23(38)17-10-11-17)32-20-9-7-8-18(24(20)41-6)25-31-16-36(5)35-25/h7-9,12-13,16-17H,10-11,14-15H2,1-6H3,(H,34,40)(H2,30,32,33,39). The van der Waals surface area contributed by atoms with E-state index >= 15 is 0 Å². The van der Waals surface area contributed by atoms with Gasteiger partial charge in [0.1, 0.15) is 17.7 Å². The lowest BCUT2D eigenvalue weighted by atomic mass is 9.93. The third-order valence-electron chi connectivity index (χ3n) is 6.85. The van der Waals surface area contributed by atoms with E-state index in [2.05, 4.69) is 31.0 Å². The summed E-state index contributed by atoms with van der Waals surface area (Å²) in [5, 5.41) is 13.3. The van der Waals surface area contributed by atoms with Gasteiger partial charge in [-0.25, -0.2) is 19.6 Å². The molecule has 1 aliphatic heterocycles. The molecule has 222 valence electrons. The second-order valence-electron chi connectivity index (χ2n) is 12.0. The molecule has 13 heteroatoms. The topological polar surface area (TPSA) is 153 Å². The van der Waals surface area contributed by atoms with Crippen LogP contribution < -0.4 is 20.7 Å². The molecule has 0 radical (unpaired) electrons. The van der Waals surface area contributed by atoms with E-state index in [0.29, 0.717) is 47.2 Å². The van der Waals surface area contributed by atoms with Crippen molar-refractivity contribution in [1.29, 1.82) is 0 Å². The van der Waals surface area contributed by atoms with Crippen LogP contribution in [0.25, 0.3) is 11.4 Å². The Bertz CT molecular complexity index is 1520. The number of para-hydroxylation sites is 1. The van der Waals surface area contributed by atoms with Crippen molar-refractivity contribution in [1.82, 2.24) is 30.0 Å². The number of likely N-dealkylation sites (tertiary alicyclic amines) is 1. The Morgan fingerprint density at radius 2 is 1.83 bits per heavy atom. The fourth-order valence-corrected chi connectivity index (χ4v) is 4.79. The minimum absolute atomic E-state index is 0.00359. The summed E-state index contributed by atoms with van der Waals surface area (Å²) in [7, 11) is 3.34. The second kappa shape index (κ2) is 11.0. The maximum absolute atomic E-state index is 13.1. The van der Waals surface area contributed by atoms with Crippen LogP contribution in [-0.2, 0) is 11.8 Å². The number of benzene rings is 1. The maximum Gasteiger partial charge on any atom is 0.408 e. The predicted molar refractivity (Wildman–Crippen MR) is 156 cm³/mol. The predicted octanol–water partition coefficient (Wildman–Crippen LogP) is 4.35. The van der Waals surface area contributed by atoms with Crippen LogP contribution in [0.2, 0.25) is 0 Å². The average Bonchev–Trinajstić information content (AvgIpc) is 3.65. The lowest BCUT2D eigenvalue weighted by Gasteiger charge is -2.47. The van der Waals surface area contributed by atoms with Gasteiger partial charge in [0.25, 0.3) is 0 Å². The van der Waals surface area contributed by atoms with Crippen molar-refractivity contribution in [3.63, 3.8) is 0 Å². The molecule has 1 saturated carbocycles. The molecule has 42 heavy (non-hydrogen) atoms. The molecule has 2 fully saturated rings. The van der Waals surface area contributed by atoms with E-state index in [1.54, 1.807) is 56.9 Å². The fourth-order valence-electron chi connectivity index (χ4n) is 4.79. The van der Waals surface area contributed by atoms with E-state index in [1.807, 2.05) is 25.1 Å². The first kappa shape index (κ1) is 28.8. The summed E-state index contributed by atoms with van der Waals surface area (Å²) >= 11 is 0. The van der Waals surface area contributed by atoms with Crippen molar-refractivity contribution in [2.75, 3.05) is 30.8 Å².